The van der Waals surface area contributed by atoms with E-state index in [1.54, 1.807) is 23.9 Å². The first-order chi connectivity index (χ1) is 12.6. The molecular formula is C19H20FN5O. The van der Waals surface area contributed by atoms with Gasteiger partial charge in [-0.25, -0.2) is 4.39 Å². The van der Waals surface area contributed by atoms with Crippen LogP contribution in [-0.4, -0.2) is 33.8 Å². The Morgan fingerprint density at radius 2 is 2.19 bits per heavy atom. The topological polar surface area (TPSA) is 71.8 Å². The van der Waals surface area contributed by atoms with Crippen LogP contribution < -0.4 is 10.6 Å². The Morgan fingerprint density at radius 1 is 1.38 bits per heavy atom. The number of fused-ring (bicyclic) bond motifs is 1. The first-order valence-electron chi connectivity index (χ1n) is 8.75. The maximum Gasteiger partial charge on any atom is 0.255 e. The SMILES string of the molecule is CCn1ccc(-c2cc3c(NC)c(C(=O)NC4CC4)cnc3cc2F)n1. The van der Waals surface area contributed by atoms with Crippen molar-refractivity contribution in [3.05, 3.63) is 42.0 Å². The normalized spacial score (nSPS) is 13.8. The summed E-state index contributed by atoms with van der Waals surface area (Å²) < 4.78 is 16.4. The molecule has 0 atom stereocenters. The van der Waals surface area contributed by atoms with Crippen molar-refractivity contribution in [2.75, 3.05) is 12.4 Å². The maximum absolute atomic E-state index is 14.6. The molecule has 7 heteroatoms. The molecule has 6 nitrogen and oxygen atoms in total. The average Bonchev–Trinajstić information content (AvgIpc) is 3.32. The van der Waals surface area contributed by atoms with Gasteiger partial charge in [-0.05, 0) is 31.9 Å². The van der Waals surface area contributed by atoms with Crippen LogP contribution in [0.1, 0.15) is 30.1 Å². The Kier molecular flexibility index (Phi) is 4.06. The predicted molar refractivity (Wildman–Crippen MR) is 98.6 cm³/mol. The minimum Gasteiger partial charge on any atom is -0.387 e. The molecule has 134 valence electrons. The van der Waals surface area contributed by atoms with Crippen LogP contribution in [0.2, 0.25) is 0 Å². The first-order valence-corrected chi connectivity index (χ1v) is 8.75. The molecule has 1 saturated carbocycles. The highest BCUT2D eigenvalue weighted by Gasteiger charge is 2.26. The van der Waals surface area contributed by atoms with Crippen LogP contribution in [0.5, 0.6) is 0 Å². The molecule has 2 N–H and O–H groups in total. The van der Waals surface area contributed by atoms with Crippen LogP contribution in [0.25, 0.3) is 22.2 Å². The second kappa shape index (κ2) is 6.40. The molecule has 0 spiro atoms. The molecule has 1 amide bonds. The van der Waals surface area contributed by atoms with E-state index in [2.05, 4.69) is 20.7 Å². The van der Waals surface area contributed by atoms with Crippen molar-refractivity contribution in [1.82, 2.24) is 20.1 Å². The van der Waals surface area contributed by atoms with Crippen molar-refractivity contribution in [2.24, 2.45) is 0 Å². The van der Waals surface area contributed by atoms with Crippen molar-refractivity contribution in [3.63, 3.8) is 0 Å². The fraction of sp³-hybridized carbons (Fsp3) is 0.316. The lowest BCUT2D eigenvalue weighted by molar-refractivity contribution is 0.0951. The number of benzene rings is 1. The quantitative estimate of drug-likeness (QED) is 0.739. The number of carbonyl (C=O) groups excluding carboxylic acids is 1. The molecule has 0 bridgehead atoms. The minimum absolute atomic E-state index is 0.160. The molecule has 4 rings (SSSR count). The molecule has 0 saturated heterocycles. The summed E-state index contributed by atoms with van der Waals surface area (Å²) in [5.74, 6) is -0.545. The number of hydrogen-bond donors (Lipinski definition) is 2. The van der Waals surface area contributed by atoms with E-state index in [1.807, 2.05) is 13.1 Å². The summed E-state index contributed by atoms with van der Waals surface area (Å²) in [4.78, 5) is 16.8. The van der Waals surface area contributed by atoms with Gasteiger partial charge in [-0.3, -0.25) is 14.5 Å². The number of pyridine rings is 1. The number of rotatable bonds is 5. The van der Waals surface area contributed by atoms with Gasteiger partial charge < -0.3 is 10.6 Å². The van der Waals surface area contributed by atoms with E-state index in [9.17, 15) is 9.18 Å². The van der Waals surface area contributed by atoms with Gasteiger partial charge in [0.1, 0.15) is 5.82 Å². The molecule has 3 aromatic rings. The zero-order valence-electron chi connectivity index (χ0n) is 14.7. The van der Waals surface area contributed by atoms with Crippen LogP contribution in [0, 0.1) is 5.82 Å². The van der Waals surface area contributed by atoms with Crippen molar-refractivity contribution in [1.29, 1.82) is 0 Å². The Bertz CT molecular complexity index is 993. The van der Waals surface area contributed by atoms with Crippen molar-refractivity contribution >= 4 is 22.5 Å². The third-order valence-corrected chi connectivity index (χ3v) is 4.60. The summed E-state index contributed by atoms with van der Waals surface area (Å²) in [6, 6.07) is 5.13. The number of halogens is 1. The van der Waals surface area contributed by atoms with Crippen LogP contribution in [0.15, 0.2) is 30.6 Å². The van der Waals surface area contributed by atoms with Gasteiger partial charge in [0.2, 0.25) is 0 Å². The number of aryl methyl sites for hydroxylation is 1. The van der Waals surface area contributed by atoms with Crippen molar-refractivity contribution in [3.8, 4) is 11.3 Å². The van der Waals surface area contributed by atoms with Crippen LogP contribution in [-0.2, 0) is 6.54 Å². The van der Waals surface area contributed by atoms with E-state index in [1.165, 1.54) is 12.3 Å². The van der Waals surface area contributed by atoms with E-state index < -0.39 is 0 Å². The molecule has 2 heterocycles. The number of nitrogens with zero attached hydrogens (tertiary/aromatic N) is 3. The second-order valence-electron chi connectivity index (χ2n) is 6.45. The Labute approximate surface area is 150 Å². The van der Waals surface area contributed by atoms with Gasteiger partial charge in [0.05, 0.1) is 22.5 Å². The molecule has 2 aromatic heterocycles. The number of amides is 1. The van der Waals surface area contributed by atoms with Gasteiger partial charge >= 0.3 is 0 Å². The number of nitrogens with one attached hydrogen (secondary N) is 2. The standard InChI is InChI=1S/C19H20FN5O/c1-3-25-7-6-16(24-25)12-8-13-17(9-15(12)20)22-10-14(18(13)21-2)19(26)23-11-4-5-11/h6-11H,3-5H2,1-2H3,(H,21,22)(H,23,26). The molecule has 1 aromatic carbocycles. The summed E-state index contributed by atoms with van der Waals surface area (Å²) in [5.41, 5.74) is 2.55. The fourth-order valence-corrected chi connectivity index (χ4v) is 3.02. The highest BCUT2D eigenvalue weighted by atomic mass is 19.1. The van der Waals surface area contributed by atoms with Gasteiger partial charge in [-0.1, -0.05) is 0 Å². The van der Waals surface area contributed by atoms with Crippen LogP contribution >= 0.6 is 0 Å². The van der Waals surface area contributed by atoms with Gasteiger partial charge in [0, 0.05) is 49.0 Å². The lowest BCUT2D eigenvalue weighted by Gasteiger charge is -2.13. The summed E-state index contributed by atoms with van der Waals surface area (Å²) in [7, 11) is 1.75. The average molecular weight is 353 g/mol. The molecule has 0 aliphatic heterocycles. The third kappa shape index (κ3) is 2.89. The van der Waals surface area contributed by atoms with Crippen LogP contribution in [0.4, 0.5) is 10.1 Å². The third-order valence-electron chi connectivity index (χ3n) is 4.60. The monoisotopic (exact) mass is 353 g/mol. The van der Waals surface area contributed by atoms with Gasteiger partial charge in [0.25, 0.3) is 5.91 Å². The number of hydrogen-bond acceptors (Lipinski definition) is 4. The van der Waals surface area contributed by atoms with Crippen molar-refractivity contribution < 1.29 is 9.18 Å². The van der Waals surface area contributed by atoms with E-state index in [-0.39, 0.29) is 17.8 Å². The zero-order chi connectivity index (χ0) is 18.3. The maximum atomic E-state index is 14.6. The zero-order valence-corrected chi connectivity index (χ0v) is 14.7. The van der Waals surface area contributed by atoms with E-state index >= 15 is 0 Å². The smallest absolute Gasteiger partial charge is 0.255 e. The molecule has 1 aliphatic rings. The van der Waals surface area contributed by atoms with Crippen molar-refractivity contribution in [2.45, 2.75) is 32.4 Å². The summed E-state index contributed by atoms with van der Waals surface area (Å²) in [6.45, 7) is 2.69. The summed E-state index contributed by atoms with van der Waals surface area (Å²) in [6.07, 6.45) is 5.33. The molecule has 1 fully saturated rings. The predicted octanol–water partition coefficient (Wildman–Crippen LogP) is 3.19. The fourth-order valence-electron chi connectivity index (χ4n) is 3.02. The van der Waals surface area contributed by atoms with E-state index in [0.717, 1.165) is 12.8 Å². The Morgan fingerprint density at radius 3 is 2.85 bits per heavy atom. The highest BCUT2D eigenvalue weighted by Crippen LogP contribution is 2.32. The van der Waals surface area contributed by atoms with Gasteiger partial charge in [0.15, 0.2) is 0 Å². The Balaban J connectivity index is 1.84. The highest BCUT2D eigenvalue weighted by molar-refractivity contribution is 6.07. The molecule has 26 heavy (non-hydrogen) atoms. The lowest BCUT2D eigenvalue weighted by Crippen LogP contribution is -2.26. The lowest BCUT2D eigenvalue weighted by atomic mass is 10.0. The van der Waals surface area contributed by atoms with E-state index in [4.69, 9.17) is 0 Å². The Hall–Kier alpha value is -2.96. The number of anilines is 1. The minimum atomic E-state index is -0.386. The van der Waals surface area contributed by atoms with Gasteiger partial charge in [-0.2, -0.15) is 5.10 Å². The van der Waals surface area contributed by atoms with Gasteiger partial charge in [-0.15, -0.1) is 0 Å². The molecule has 0 unspecified atom stereocenters. The largest absolute Gasteiger partial charge is 0.387 e. The second-order valence-corrected chi connectivity index (χ2v) is 6.45. The number of carbonyl (C=O) groups is 1. The molecular weight excluding hydrogens is 333 g/mol. The van der Waals surface area contributed by atoms with E-state index in [0.29, 0.717) is 40.0 Å². The summed E-state index contributed by atoms with van der Waals surface area (Å²) >= 11 is 0. The summed E-state index contributed by atoms with van der Waals surface area (Å²) in [5, 5.41) is 11.1. The molecule has 0 radical (unpaired) electrons. The molecule has 1 aliphatic carbocycles. The first kappa shape index (κ1) is 16.5. The van der Waals surface area contributed by atoms with Crippen LogP contribution in [0.3, 0.4) is 0 Å². The number of aromatic nitrogens is 3.